The Morgan fingerprint density at radius 3 is 2.64 bits per heavy atom. The van der Waals surface area contributed by atoms with Gasteiger partial charge in [-0.15, -0.1) is 11.3 Å². The molecule has 0 saturated carbocycles. The molecular weight excluding hydrogens is 386 g/mol. The standard InChI is InChI=1S/C23H24ClN3S/c1-16-4-7-19(8-5-16)22-21(27-12-13-28-23(27)25-22)15-26(3)11-10-18-6-9-20(24)17(2)14-18/h4-9,12-14H,10-11,15H2,1-3H3. The second-order valence-electron chi connectivity index (χ2n) is 7.40. The van der Waals surface area contributed by atoms with E-state index in [2.05, 4.69) is 78.2 Å². The second-order valence-corrected chi connectivity index (χ2v) is 8.68. The molecule has 0 aliphatic heterocycles. The van der Waals surface area contributed by atoms with E-state index in [0.29, 0.717) is 0 Å². The van der Waals surface area contributed by atoms with Gasteiger partial charge in [0.1, 0.15) is 0 Å². The summed E-state index contributed by atoms with van der Waals surface area (Å²) in [6.07, 6.45) is 3.12. The molecule has 2 aromatic carbocycles. The molecule has 2 aromatic heterocycles. The van der Waals surface area contributed by atoms with Crippen LogP contribution >= 0.6 is 22.9 Å². The van der Waals surface area contributed by atoms with E-state index in [9.17, 15) is 0 Å². The largest absolute Gasteiger partial charge is 0.300 e. The fraction of sp³-hybridized carbons (Fsp3) is 0.261. The molecule has 4 aromatic rings. The van der Waals surface area contributed by atoms with Gasteiger partial charge in [-0.25, -0.2) is 4.98 Å². The highest BCUT2D eigenvalue weighted by molar-refractivity contribution is 7.15. The molecule has 0 N–H and O–H groups in total. The molecule has 0 saturated heterocycles. The maximum absolute atomic E-state index is 6.15. The Hall–Kier alpha value is -2.14. The Balaban J connectivity index is 1.54. The van der Waals surface area contributed by atoms with Gasteiger partial charge in [-0.1, -0.05) is 53.6 Å². The third kappa shape index (κ3) is 4.00. The Morgan fingerprint density at radius 2 is 1.89 bits per heavy atom. The average molecular weight is 410 g/mol. The lowest BCUT2D eigenvalue weighted by atomic mass is 10.1. The van der Waals surface area contributed by atoms with Gasteiger partial charge in [0, 0.05) is 35.3 Å². The predicted octanol–water partition coefficient (Wildman–Crippen LogP) is 6.01. The summed E-state index contributed by atoms with van der Waals surface area (Å²) >= 11 is 7.83. The van der Waals surface area contributed by atoms with Crippen LogP contribution in [-0.4, -0.2) is 27.9 Å². The molecule has 5 heteroatoms. The van der Waals surface area contributed by atoms with E-state index in [1.165, 1.54) is 22.4 Å². The van der Waals surface area contributed by atoms with Gasteiger partial charge in [0.25, 0.3) is 0 Å². The highest BCUT2D eigenvalue weighted by atomic mass is 35.5. The molecule has 0 bridgehead atoms. The number of benzene rings is 2. The van der Waals surface area contributed by atoms with Crippen molar-refractivity contribution in [1.29, 1.82) is 0 Å². The lowest BCUT2D eigenvalue weighted by Gasteiger charge is -2.17. The number of thiazole rings is 1. The number of fused-ring (bicyclic) bond motifs is 1. The van der Waals surface area contributed by atoms with Crippen LogP contribution in [0.15, 0.2) is 54.0 Å². The topological polar surface area (TPSA) is 20.5 Å². The van der Waals surface area contributed by atoms with Crippen LogP contribution in [0, 0.1) is 13.8 Å². The van der Waals surface area contributed by atoms with Crippen LogP contribution in [-0.2, 0) is 13.0 Å². The number of aromatic nitrogens is 2. The summed E-state index contributed by atoms with van der Waals surface area (Å²) in [4.78, 5) is 8.32. The molecule has 0 amide bonds. The van der Waals surface area contributed by atoms with Crippen molar-refractivity contribution in [3.05, 3.63) is 81.4 Å². The number of likely N-dealkylation sites (N-methyl/N-ethyl adjacent to an activating group) is 1. The molecule has 0 spiro atoms. The minimum atomic E-state index is 0.832. The molecule has 0 fully saturated rings. The normalized spacial score (nSPS) is 11.6. The summed E-state index contributed by atoms with van der Waals surface area (Å²) in [6.45, 7) is 6.01. The second kappa shape index (κ2) is 8.08. The first kappa shape index (κ1) is 19.2. The number of hydrogen-bond acceptors (Lipinski definition) is 3. The Labute approximate surface area is 175 Å². The van der Waals surface area contributed by atoms with E-state index in [-0.39, 0.29) is 0 Å². The number of hydrogen-bond donors (Lipinski definition) is 0. The summed E-state index contributed by atoms with van der Waals surface area (Å²) in [5.74, 6) is 0. The molecule has 2 heterocycles. The van der Waals surface area contributed by atoms with Crippen molar-refractivity contribution in [2.45, 2.75) is 26.8 Å². The van der Waals surface area contributed by atoms with Crippen LogP contribution in [0.4, 0.5) is 0 Å². The summed E-state index contributed by atoms with van der Waals surface area (Å²) in [6, 6.07) is 14.9. The molecule has 0 aliphatic carbocycles. The smallest absolute Gasteiger partial charge is 0.194 e. The monoisotopic (exact) mass is 409 g/mol. The van der Waals surface area contributed by atoms with Crippen LogP contribution in [0.3, 0.4) is 0 Å². The van der Waals surface area contributed by atoms with Crippen molar-refractivity contribution in [3.8, 4) is 11.3 Å². The number of nitrogens with zero attached hydrogens (tertiary/aromatic N) is 3. The van der Waals surface area contributed by atoms with Crippen LogP contribution in [0.1, 0.15) is 22.4 Å². The Kier molecular flexibility index (Phi) is 5.54. The highest BCUT2D eigenvalue weighted by Crippen LogP contribution is 2.28. The predicted molar refractivity (Wildman–Crippen MR) is 119 cm³/mol. The first-order chi connectivity index (χ1) is 13.5. The summed E-state index contributed by atoms with van der Waals surface area (Å²) in [5, 5.41) is 2.93. The Bertz CT molecular complexity index is 1090. The van der Waals surface area contributed by atoms with Gasteiger partial charge in [0.05, 0.1) is 11.4 Å². The molecule has 28 heavy (non-hydrogen) atoms. The molecule has 0 atom stereocenters. The van der Waals surface area contributed by atoms with Gasteiger partial charge in [-0.2, -0.15) is 0 Å². The molecule has 144 valence electrons. The van der Waals surface area contributed by atoms with Crippen molar-refractivity contribution in [3.63, 3.8) is 0 Å². The van der Waals surface area contributed by atoms with Gasteiger partial charge >= 0.3 is 0 Å². The van der Waals surface area contributed by atoms with Crippen molar-refractivity contribution in [2.24, 2.45) is 0 Å². The van der Waals surface area contributed by atoms with E-state index in [4.69, 9.17) is 16.6 Å². The van der Waals surface area contributed by atoms with E-state index >= 15 is 0 Å². The summed E-state index contributed by atoms with van der Waals surface area (Å²) in [7, 11) is 2.17. The molecular formula is C23H24ClN3S. The first-order valence-electron chi connectivity index (χ1n) is 9.46. The van der Waals surface area contributed by atoms with Crippen molar-refractivity contribution < 1.29 is 0 Å². The first-order valence-corrected chi connectivity index (χ1v) is 10.7. The van der Waals surface area contributed by atoms with Crippen LogP contribution in [0.5, 0.6) is 0 Å². The maximum Gasteiger partial charge on any atom is 0.194 e. The van der Waals surface area contributed by atoms with E-state index in [1.54, 1.807) is 11.3 Å². The van der Waals surface area contributed by atoms with Crippen molar-refractivity contribution in [2.75, 3.05) is 13.6 Å². The van der Waals surface area contributed by atoms with Crippen molar-refractivity contribution in [1.82, 2.24) is 14.3 Å². The lowest BCUT2D eigenvalue weighted by molar-refractivity contribution is 0.327. The zero-order valence-electron chi connectivity index (χ0n) is 16.4. The minimum Gasteiger partial charge on any atom is -0.300 e. The van der Waals surface area contributed by atoms with E-state index < -0.39 is 0 Å². The molecule has 0 radical (unpaired) electrons. The quantitative estimate of drug-likeness (QED) is 0.389. The van der Waals surface area contributed by atoms with Gasteiger partial charge in [0.15, 0.2) is 4.96 Å². The molecule has 4 rings (SSSR count). The van der Waals surface area contributed by atoms with E-state index in [0.717, 1.165) is 40.8 Å². The third-order valence-electron chi connectivity index (χ3n) is 5.11. The van der Waals surface area contributed by atoms with Crippen LogP contribution in [0.25, 0.3) is 16.2 Å². The minimum absolute atomic E-state index is 0.832. The number of halogens is 1. The number of aryl methyl sites for hydroxylation is 2. The van der Waals surface area contributed by atoms with Gasteiger partial charge in [-0.3, -0.25) is 4.40 Å². The maximum atomic E-state index is 6.15. The zero-order chi connectivity index (χ0) is 19.7. The number of imidazole rings is 1. The van der Waals surface area contributed by atoms with Gasteiger partial charge in [-0.05, 0) is 44.5 Å². The fourth-order valence-electron chi connectivity index (χ4n) is 3.44. The zero-order valence-corrected chi connectivity index (χ0v) is 18.0. The molecule has 3 nitrogen and oxygen atoms in total. The van der Waals surface area contributed by atoms with E-state index in [1.807, 2.05) is 6.07 Å². The lowest BCUT2D eigenvalue weighted by Crippen LogP contribution is -2.22. The Morgan fingerprint density at radius 1 is 1.11 bits per heavy atom. The number of rotatable bonds is 6. The summed E-state index contributed by atoms with van der Waals surface area (Å²) in [5.41, 5.74) is 7.23. The van der Waals surface area contributed by atoms with Crippen LogP contribution < -0.4 is 0 Å². The summed E-state index contributed by atoms with van der Waals surface area (Å²) < 4.78 is 2.22. The average Bonchev–Trinajstić information content (AvgIpc) is 3.26. The van der Waals surface area contributed by atoms with Crippen LogP contribution in [0.2, 0.25) is 5.02 Å². The van der Waals surface area contributed by atoms with Gasteiger partial charge in [0.2, 0.25) is 0 Å². The van der Waals surface area contributed by atoms with Gasteiger partial charge < -0.3 is 4.90 Å². The fourth-order valence-corrected chi connectivity index (χ4v) is 4.29. The SMILES string of the molecule is Cc1ccc(-c2nc3sccn3c2CN(C)CCc2ccc(Cl)c(C)c2)cc1. The molecule has 0 unspecified atom stereocenters. The molecule has 0 aliphatic rings. The highest BCUT2D eigenvalue weighted by Gasteiger charge is 2.16. The van der Waals surface area contributed by atoms with Crippen molar-refractivity contribution >= 4 is 27.9 Å². The third-order valence-corrected chi connectivity index (χ3v) is 6.29.